The van der Waals surface area contributed by atoms with Crippen LogP contribution in [0, 0.1) is 5.92 Å². The first kappa shape index (κ1) is 20.2. The van der Waals surface area contributed by atoms with Gasteiger partial charge in [-0.25, -0.2) is 0 Å². The topological polar surface area (TPSA) is 6.48 Å². The van der Waals surface area contributed by atoms with E-state index in [1.165, 1.54) is 17.8 Å². The highest BCUT2D eigenvalue weighted by atomic mass is 19.4. The van der Waals surface area contributed by atoms with Crippen LogP contribution in [0.25, 0.3) is 0 Å². The van der Waals surface area contributed by atoms with Crippen LogP contribution >= 0.6 is 0 Å². The molecular formula is C22H31F3N2. The first-order valence-electron chi connectivity index (χ1n) is 9.91. The van der Waals surface area contributed by atoms with Crippen LogP contribution in [0.3, 0.4) is 0 Å². The van der Waals surface area contributed by atoms with Crippen LogP contribution in [-0.4, -0.2) is 41.5 Å². The lowest BCUT2D eigenvalue weighted by Crippen LogP contribution is -2.40. The summed E-state index contributed by atoms with van der Waals surface area (Å²) in [5.74, 6) is 0.859. The van der Waals surface area contributed by atoms with Crippen molar-refractivity contribution in [3.05, 3.63) is 47.7 Å². The van der Waals surface area contributed by atoms with E-state index in [1.54, 1.807) is 12.1 Å². The van der Waals surface area contributed by atoms with E-state index in [1.807, 2.05) is 0 Å². The Morgan fingerprint density at radius 1 is 0.963 bits per heavy atom. The zero-order valence-corrected chi connectivity index (χ0v) is 16.6. The summed E-state index contributed by atoms with van der Waals surface area (Å²) in [6.45, 7) is 15.2. The zero-order chi connectivity index (χ0) is 19.8. The largest absolute Gasteiger partial charge is 0.416 e. The molecule has 1 atom stereocenters. The van der Waals surface area contributed by atoms with Gasteiger partial charge < -0.3 is 4.90 Å². The SMILES string of the molecule is C=C(C1CCN(C(C)(C)C)C1)N1CCC(c2ccc(C(F)(F)F)cc2)CC1. The standard InChI is InChI=1S/C22H31F3N2/c1-16(19-11-14-27(15-19)21(2,3)4)26-12-9-18(10-13-26)17-5-7-20(8-6-17)22(23,24)25/h5-8,18-19H,1,9-15H2,2-4H3. The molecule has 27 heavy (non-hydrogen) atoms. The molecule has 0 saturated carbocycles. The average molecular weight is 380 g/mol. The number of rotatable bonds is 3. The van der Waals surface area contributed by atoms with E-state index < -0.39 is 11.7 Å². The van der Waals surface area contributed by atoms with Crippen molar-refractivity contribution in [3.8, 4) is 0 Å². The van der Waals surface area contributed by atoms with Gasteiger partial charge in [-0.2, -0.15) is 13.2 Å². The summed E-state index contributed by atoms with van der Waals surface area (Å²) in [6.07, 6.45) is -1.16. The number of benzene rings is 1. The molecule has 0 spiro atoms. The van der Waals surface area contributed by atoms with E-state index in [-0.39, 0.29) is 5.54 Å². The average Bonchev–Trinajstić information content (AvgIpc) is 3.11. The van der Waals surface area contributed by atoms with Crippen molar-refractivity contribution in [2.45, 2.75) is 57.7 Å². The molecule has 1 unspecified atom stereocenters. The minimum absolute atomic E-state index is 0.199. The monoisotopic (exact) mass is 380 g/mol. The Hall–Kier alpha value is -1.49. The van der Waals surface area contributed by atoms with Crippen molar-refractivity contribution < 1.29 is 13.2 Å². The third-order valence-corrected chi connectivity index (χ3v) is 6.22. The summed E-state index contributed by atoms with van der Waals surface area (Å²) < 4.78 is 38.2. The zero-order valence-electron chi connectivity index (χ0n) is 16.6. The van der Waals surface area contributed by atoms with Gasteiger partial charge >= 0.3 is 6.18 Å². The van der Waals surface area contributed by atoms with Crippen molar-refractivity contribution >= 4 is 0 Å². The number of nitrogens with zero attached hydrogens (tertiary/aromatic N) is 2. The number of likely N-dealkylation sites (tertiary alicyclic amines) is 2. The Morgan fingerprint density at radius 2 is 1.56 bits per heavy atom. The molecule has 0 bridgehead atoms. The van der Waals surface area contributed by atoms with E-state index in [0.717, 1.165) is 51.0 Å². The van der Waals surface area contributed by atoms with Gasteiger partial charge in [-0.1, -0.05) is 18.7 Å². The third-order valence-electron chi connectivity index (χ3n) is 6.22. The van der Waals surface area contributed by atoms with Crippen LogP contribution in [0.2, 0.25) is 0 Å². The quantitative estimate of drug-likeness (QED) is 0.681. The van der Waals surface area contributed by atoms with Crippen molar-refractivity contribution in [1.82, 2.24) is 9.80 Å². The molecular weight excluding hydrogens is 349 g/mol. The fraction of sp³-hybridized carbons (Fsp3) is 0.636. The predicted octanol–water partition coefficient (Wildman–Crippen LogP) is 5.52. The number of halogens is 3. The molecule has 150 valence electrons. The highest BCUT2D eigenvalue weighted by molar-refractivity contribution is 5.27. The molecule has 0 aliphatic carbocycles. The molecule has 3 rings (SSSR count). The van der Waals surface area contributed by atoms with E-state index >= 15 is 0 Å². The van der Waals surface area contributed by atoms with Crippen molar-refractivity contribution in [2.24, 2.45) is 5.92 Å². The molecule has 0 aromatic heterocycles. The van der Waals surface area contributed by atoms with Crippen LogP contribution < -0.4 is 0 Å². The van der Waals surface area contributed by atoms with Gasteiger partial charge in [0.25, 0.3) is 0 Å². The summed E-state index contributed by atoms with van der Waals surface area (Å²) >= 11 is 0. The first-order valence-corrected chi connectivity index (χ1v) is 9.91. The Labute approximate surface area is 161 Å². The fourth-order valence-corrected chi connectivity index (χ4v) is 4.34. The lowest BCUT2D eigenvalue weighted by atomic mass is 9.88. The Bertz CT molecular complexity index is 650. The van der Waals surface area contributed by atoms with Crippen LogP contribution in [0.1, 0.15) is 57.1 Å². The van der Waals surface area contributed by atoms with Crippen molar-refractivity contribution in [3.63, 3.8) is 0 Å². The highest BCUT2D eigenvalue weighted by Gasteiger charge is 2.34. The van der Waals surface area contributed by atoms with E-state index in [4.69, 9.17) is 0 Å². The lowest BCUT2D eigenvalue weighted by molar-refractivity contribution is -0.137. The molecule has 2 heterocycles. The molecule has 2 aliphatic heterocycles. The number of alkyl halides is 3. The van der Waals surface area contributed by atoms with Gasteiger partial charge in [-0.3, -0.25) is 4.90 Å². The highest BCUT2D eigenvalue weighted by Crippen LogP contribution is 2.35. The van der Waals surface area contributed by atoms with Gasteiger partial charge in [-0.05, 0) is 70.2 Å². The third kappa shape index (κ3) is 4.68. The minimum atomic E-state index is -4.26. The summed E-state index contributed by atoms with van der Waals surface area (Å²) in [4.78, 5) is 4.93. The second kappa shape index (κ2) is 7.50. The van der Waals surface area contributed by atoms with Crippen LogP contribution in [0.4, 0.5) is 13.2 Å². The van der Waals surface area contributed by atoms with Gasteiger partial charge in [0.2, 0.25) is 0 Å². The summed E-state index contributed by atoms with van der Waals surface area (Å²) in [6, 6.07) is 5.72. The van der Waals surface area contributed by atoms with Crippen LogP contribution in [-0.2, 0) is 6.18 Å². The summed E-state index contributed by atoms with van der Waals surface area (Å²) in [7, 11) is 0. The molecule has 2 nitrogen and oxygen atoms in total. The molecule has 0 amide bonds. The molecule has 2 aliphatic rings. The maximum Gasteiger partial charge on any atom is 0.416 e. The van der Waals surface area contributed by atoms with Gasteiger partial charge in [0, 0.05) is 36.8 Å². The Morgan fingerprint density at radius 3 is 2.04 bits per heavy atom. The van der Waals surface area contributed by atoms with E-state index in [0.29, 0.717) is 11.8 Å². The smallest absolute Gasteiger partial charge is 0.375 e. The molecule has 0 N–H and O–H groups in total. The summed E-state index contributed by atoms with van der Waals surface area (Å²) in [5.41, 5.74) is 1.90. The molecule has 5 heteroatoms. The second-order valence-corrected chi connectivity index (χ2v) is 8.97. The van der Waals surface area contributed by atoms with Gasteiger partial charge in [0.05, 0.1) is 5.56 Å². The fourth-order valence-electron chi connectivity index (χ4n) is 4.34. The second-order valence-electron chi connectivity index (χ2n) is 8.97. The first-order chi connectivity index (χ1) is 12.6. The number of hydrogen-bond donors (Lipinski definition) is 0. The van der Waals surface area contributed by atoms with Crippen molar-refractivity contribution in [2.75, 3.05) is 26.2 Å². The Kier molecular flexibility index (Phi) is 5.62. The number of hydrogen-bond acceptors (Lipinski definition) is 2. The molecule has 1 aromatic rings. The van der Waals surface area contributed by atoms with E-state index in [9.17, 15) is 13.2 Å². The van der Waals surface area contributed by atoms with Gasteiger partial charge in [0.15, 0.2) is 0 Å². The van der Waals surface area contributed by atoms with Crippen molar-refractivity contribution in [1.29, 1.82) is 0 Å². The van der Waals surface area contributed by atoms with Crippen LogP contribution in [0.5, 0.6) is 0 Å². The predicted molar refractivity (Wildman–Crippen MR) is 104 cm³/mol. The molecule has 2 fully saturated rings. The van der Waals surface area contributed by atoms with Crippen LogP contribution in [0.15, 0.2) is 36.5 Å². The number of piperidine rings is 1. The molecule has 0 radical (unpaired) electrons. The molecule has 1 aromatic carbocycles. The van der Waals surface area contributed by atoms with E-state index in [2.05, 4.69) is 37.1 Å². The maximum atomic E-state index is 12.7. The minimum Gasteiger partial charge on any atom is -0.375 e. The lowest BCUT2D eigenvalue weighted by Gasteiger charge is -2.37. The summed E-state index contributed by atoms with van der Waals surface area (Å²) in [5, 5.41) is 0. The van der Waals surface area contributed by atoms with Gasteiger partial charge in [0.1, 0.15) is 0 Å². The Balaban J connectivity index is 1.54. The normalized spacial score (nSPS) is 23.0. The van der Waals surface area contributed by atoms with Gasteiger partial charge in [-0.15, -0.1) is 0 Å². The molecule has 2 saturated heterocycles. The maximum absolute atomic E-state index is 12.7.